The number of benzene rings is 1. The van der Waals surface area contributed by atoms with Crippen LogP contribution in [0.15, 0.2) is 41.0 Å². The molecule has 0 aromatic heterocycles. The summed E-state index contributed by atoms with van der Waals surface area (Å²) in [4.78, 5) is 12.6. The molecule has 1 aromatic rings. The summed E-state index contributed by atoms with van der Waals surface area (Å²) in [5.74, 6) is 0.0351. The van der Waals surface area contributed by atoms with Crippen LogP contribution in [0, 0.1) is 11.3 Å². The molecule has 2 rings (SSSR count). The molecule has 0 spiro atoms. The molecule has 0 fully saturated rings. The summed E-state index contributed by atoms with van der Waals surface area (Å²) < 4.78 is 21.9. The van der Waals surface area contributed by atoms with E-state index in [1.807, 2.05) is 13.8 Å². The van der Waals surface area contributed by atoms with Gasteiger partial charge in [0.2, 0.25) is 5.88 Å². The van der Waals surface area contributed by atoms with E-state index >= 15 is 0 Å². The van der Waals surface area contributed by atoms with Crippen LogP contribution in [0.4, 0.5) is 0 Å². The second-order valence-electron chi connectivity index (χ2n) is 5.68. The first-order valence-electron chi connectivity index (χ1n) is 8.83. The summed E-state index contributed by atoms with van der Waals surface area (Å²) in [5.41, 5.74) is 6.88. The lowest BCUT2D eigenvalue weighted by atomic mass is 9.82. The van der Waals surface area contributed by atoms with E-state index in [1.165, 1.54) is 0 Å². The minimum Gasteiger partial charge on any atom is -0.494 e. The molecule has 0 amide bonds. The second-order valence-corrected chi connectivity index (χ2v) is 5.68. The Morgan fingerprint density at radius 3 is 2.52 bits per heavy atom. The summed E-state index contributed by atoms with van der Waals surface area (Å²) in [6.07, 6.45) is 0. The lowest BCUT2D eigenvalue weighted by Gasteiger charge is -2.28. The Morgan fingerprint density at radius 1 is 1.22 bits per heavy atom. The van der Waals surface area contributed by atoms with E-state index in [1.54, 1.807) is 32.0 Å². The Balaban J connectivity index is 2.71. The van der Waals surface area contributed by atoms with Gasteiger partial charge in [-0.25, -0.2) is 4.79 Å². The summed E-state index contributed by atoms with van der Waals surface area (Å²) in [7, 11) is 0. The molecule has 1 heterocycles. The Labute approximate surface area is 159 Å². The zero-order valence-electron chi connectivity index (χ0n) is 16.0. The van der Waals surface area contributed by atoms with Crippen molar-refractivity contribution in [3.8, 4) is 17.6 Å². The third-order valence-corrected chi connectivity index (χ3v) is 4.00. The van der Waals surface area contributed by atoms with Gasteiger partial charge in [-0.15, -0.1) is 0 Å². The highest BCUT2D eigenvalue weighted by molar-refractivity contribution is 5.92. The summed E-state index contributed by atoms with van der Waals surface area (Å²) in [6, 6.07) is 7.34. The van der Waals surface area contributed by atoms with Crippen LogP contribution in [-0.2, 0) is 14.3 Å². The molecule has 1 atom stereocenters. The zero-order valence-corrected chi connectivity index (χ0v) is 16.0. The predicted octanol–water partition coefficient (Wildman–Crippen LogP) is 3.13. The van der Waals surface area contributed by atoms with Crippen molar-refractivity contribution in [2.24, 2.45) is 5.73 Å². The number of ether oxygens (including phenoxy) is 4. The highest BCUT2D eigenvalue weighted by Crippen LogP contribution is 2.44. The fourth-order valence-electron chi connectivity index (χ4n) is 2.96. The Kier molecular flexibility index (Phi) is 6.72. The number of carbonyl (C=O) groups excluding carboxylic acids is 1. The first kappa shape index (κ1) is 20.2. The lowest BCUT2D eigenvalue weighted by Crippen LogP contribution is -2.26. The molecule has 1 aliphatic heterocycles. The van der Waals surface area contributed by atoms with E-state index in [4.69, 9.17) is 24.7 Å². The standard InChI is InChI=1S/C20H24N2O5/c1-5-24-13-8-9-16(25-6-2)14(10-13)18-15(11-21)19(22)27-12(4)17(18)20(23)26-7-3/h8-10,18H,5-7,22H2,1-4H3. The van der Waals surface area contributed by atoms with E-state index in [9.17, 15) is 10.1 Å². The highest BCUT2D eigenvalue weighted by atomic mass is 16.5. The molecule has 1 unspecified atom stereocenters. The topological polar surface area (TPSA) is 104 Å². The predicted molar refractivity (Wildman–Crippen MR) is 98.8 cm³/mol. The number of rotatable bonds is 7. The first-order chi connectivity index (χ1) is 13.0. The van der Waals surface area contributed by atoms with Crippen LogP contribution in [0.3, 0.4) is 0 Å². The number of carbonyl (C=O) groups is 1. The van der Waals surface area contributed by atoms with Crippen molar-refractivity contribution < 1.29 is 23.7 Å². The maximum Gasteiger partial charge on any atom is 0.338 e. The molecule has 0 radical (unpaired) electrons. The van der Waals surface area contributed by atoms with Gasteiger partial charge in [-0.1, -0.05) is 0 Å². The van der Waals surface area contributed by atoms with Crippen LogP contribution in [0.1, 0.15) is 39.2 Å². The highest BCUT2D eigenvalue weighted by Gasteiger charge is 2.38. The van der Waals surface area contributed by atoms with Crippen molar-refractivity contribution in [1.29, 1.82) is 5.26 Å². The molecule has 0 saturated carbocycles. The maximum atomic E-state index is 12.6. The summed E-state index contributed by atoms with van der Waals surface area (Å²) in [6.45, 7) is 8.15. The number of allylic oxidation sites excluding steroid dienone is 2. The quantitative estimate of drug-likeness (QED) is 0.733. The van der Waals surface area contributed by atoms with Crippen molar-refractivity contribution in [1.82, 2.24) is 0 Å². The van der Waals surface area contributed by atoms with Crippen molar-refractivity contribution in [3.05, 3.63) is 46.6 Å². The summed E-state index contributed by atoms with van der Waals surface area (Å²) >= 11 is 0. The van der Waals surface area contributed by atoms with Crippen LogP contribution >= 0.6 is 0 Å². The maximum absolute atomic E-state index is 12.6. The van der Waals surface area contributed by atoms with Crippen LogP contribution in [0.25, 0.3) is 0 Å². The van der Waals surface area contributed by atoms with Gasteiger partial charge in [0, 0.05) is 5.56 Å². The van der Waals surface area contributed by atoms with Crippen molar-refractivity contribution in [2.75, 3.05) is 19.8 Å². The van der Waals surface area contributed by atoms with Gasteiger partial charge in [-0.3, -0.25) is 0 Å². The zero-order chi connectivity index (χ0) is 20.0. The Bertz CT molecular complexity index is 820. The molecule has 1 aliphatic rings. The fraction of sp³-hybridized carbons (Fsp3) is 0.400. The fourth-order valence-corrected chi connectivity index (χ4v) is 2.96. The average Bonchev–Trinajstić information content (AvgIpc) is 2.63. The second kappa shape index (κ2) is 8.99. The minimum atomic E-state index is -0.773. The van der Waals surface area contributed by atoms with Gasteiger partial charge < -0.3 is 24.7 Å². The molecule has 144 valence electrons. The number of nitrogens with zero attached hydrogens (tertiary/aromatic N) is 1. The van der Waals surface area contributed by atoms with E-state index in [2.05, 4.69) is 6.07 Å². The van der Waals surface area contributed by atoms with Gasteiger partial charge in [0.1, 0.15) is 28.9 Å². The normalized spacial score (nSPS) is 16.5. The van der Waals surface area contributed by atoms with Gasteiger partial charge in [-0.2, -0.15) is 5.26 Å². The van der Waals surface area contributed by atoms with E-state index in [-0.39, 0.29) is 23.6 Å². The molecular formula is C20H24N2O5. The molecule has 27 heavy (non-hydrogen) atoms. The molecule has 0 bridgehead atoms. The summed E-state index contributed by atoms with van der Waals surface area (Å²) in [5, 5.41) is 9.69. The molecule has 7 heteroatoms. The van der Waals surface area contributed by atoms with Gasteiger partial charge in [0.15, 0.2) is 0 Å². The monoisotopic (exact) mass is 372 g/mol. The van der Waals surface area contributed by atoms with Gasteiger partial charge in [-0.05, 0) is 45.9 Å². The number of nitrogens with two attached hydrogens (primary N) is 1. The van der Waals surface area contributed by atoms with Crippen LogP contribution in [0.5, 0.6) is 11.5 Å². The minimum absolute atomic E-state index is 0.0442. The van der Waals surface area contributed by atoms with Crippen molar-refractivity contribution in [2.45, 2.75) is 33.6 Å². The molecule has 0 aliphatic carbocycles. The number of esters is 1. The number of hydrogen-bond donors (Lipinski definition) is 1. The Morgan fingerprint density at radius 2 is 1.93 bits per heavy atom. The van der Waals surface area contributed by atoms with Crippen molar-refractivity contribution in [3.63, 3.8) is 0 Å². The molecule has 2 N–H and O–H groups in total. The third kappa shape index (κ3) is 4.17. The number of nitriles is 1. The van der Waals surface area contributed by atoms with E-state index in [0.29, 0.717) is 36.0 Å². The molecule has 1 aromatic carbocycles. The Hall–Kier alpha value is -3.14. The third-order valence-electron chi connectivity index (χ3n) is 4.00. The largest absolute Gasteiger partial charge is 0.494 e. The SMILES string of the molecule is CCOC(=O)C1=C(C)OC(N)=C(C#N)C1c1cc(OCC)ccc1OCC. The average molecular weight is 372 g/mol. The number of hydrogen-bond acceptors (Lipinski definition) is 7. The lowest BCUT2D eigenvalue weighted by molar-refractivity contribution is -0.139. The van der Waals surface area contributed by atoms with Gasteiger partial charge in [0.25, 0.3) is 0 Å². The van der Waals surface area contributed by atoms with Crippen LogP contribution < -0.4 is 15.2 Å². The molecule has 0 saturated heterocycles. The van der Waals surface area contributed by atoms with E-state index in [0.717, 1.165) is 0 Å². The van der Waals surface area contributed by atoms with Crippen LogP contribution in [-0.4, -0.2) is 25.8 Å². The van der Waals surface area contributed by atoms with Gasteiger partial charge >= 0.3 is 5.97 Å². The van der Waals surface area contributed by atoms with Gasteiger partial charge in [0.05, 0.1) is 31.3 Å². The first-order valence-corrected chi connectivity index (χ1v) is 8.83. The van der Waals surface area contributed by atoms with Crippen molar-refractivity contribution >= 4 is 5.97 Å². The smallest absolute Gasteiger partial charge is 0.338 e. The molecule has 7 nitrogen and oxygen atoms in total. The molecular weight excluding hydrogens is 348 g/mol. The van der Waals surface area contributed by atoms with Crippen LogP contribution in [0.2, 0.25) is 0 Å². The van der Waals surface area contributed by atoms with E-state index < -0.39 is 11.9 Å².